The van der Waals surface area contributed by atoms with E-state index in [2.05, 4.69) is 204 Å². The second-order valence-electron chi connectivity index (χ2n) is 16.9. The standard InChI is InChI=1S/C60H36N2O2S2/c1-3-13-39(14-4-1)61(41-25-27-55-47(33-41)44-17-7-10-20-53(44)63-55)43-35-51-50-32-38(37-23-29-58-49(31-37)46-19-9-12-22-57(46)65-58)24-30-59(50)66-60(51)52(36-43)62(40-15-5-2-6-16-40)42-26-28-56-48(34-42)45-18-8-11-21-54(45)64-56/h1-36H. The van der Waals surface area contributed by atoms with Gasteiger partial charge < -0.3 is 18.6 Å². The maximum atomic E-state index is 6.37. The number of furan rings is 2. The van der Waals surface area contributed by atoms with E-state index in [4.69, 9.17) is 8.83 Å². The van der Waals surface area contributed by atoms with Crippen molar-refractivity contribution in [3.05, 3.63) is 218 Å². The molecule has 0 fully saturated rings. The first-order chi connectivity index (χ1) is 32.7. The number of para-hydroxylation sites is 4. The molecule has 66 heavy (non-hydrogen) atoms. The number of anilines is 6. The van der Waals surface area contributed by atoms with Crippen LogP contribution >= 0.6 is 22.7 Å². The maximum absolute atomic E-state index is 6.37. The minimum atomic E-state index is 0.867. The Kier molecular flexibility index (Phi) is 8.29. The largest absolute Gasteiger partial charge is 0.456 e. The highest BCUT2D eigenvalue weighted by Gasteiger charge is 2.24. The summed E-state index contributed by atoms with van der Waals surface area (Å²) in [6.07, 6.45) is 0. The van der Waals surface area contributed by atoms with Gasteiger partial charge in [0.25, 0.3) is 0 Å². The van der Waals surface area contributed by atoms with Gasteiger partial charge in [-0.2, -0.15) is 0 Å². The second kappa shape index (κ2) is 14.7. The molecule has 14 aromatic rings. The van der Waals surface area contributed by atoms with Crippen molar-refractivity contribution < 1.29 is 8.83 Å². The number of hydrogen-bond acceptors (Lipinski definition) is 6. The first kappa shape index (κ1) is 37.2. The summed E-state index contributed by atoms with van der Waals surface area (Å²) in [7, 11) is 0. The lowest BCUT2D eigenvalue weighted by Crippen LogP contribution is -2.13. The zero-order valence-corrected chi connectivity index (χ0v) is 36.9. The number of hydrogen-bond donors (Lipinski definition) is 0. The number of fused-ring (bicyclic) bond motifs is 12. The van der Waals surface area contributed by atoms with Crippen LogP contribution in [0.3, 0.4) is 0 Å². The molecule has 0 aliphatic heterocycles. The Hall–Kier alpha value is -8.16. The second-order valence-corrected chi connectivity index (χ2v) is 19.0. The van der Waals surface area contributed by atoms with Gasteiger partial charge in [0.1, 0.15) is 22.3 Å². The van der Waals surface area contributed by atoms with Crippen molar-refractivity contribution in [3.63, 3.8) is 0 Å². The molecule has 0 atom stereocenters. The Balaban J connectivity index is 1.05. The SMILES string of the molecule is c1ccc(N(c2ccc3oc4ccccc4c3c2)c2cc(N(c3ccccc3)c3ccc4oc5ccccc5c4c3)c3sc4ccc(-c5ccc6sc7ccccc7c6c5)cc4c3c2)cc1. The van der Waals surface area contributed by atoms with Crippen molar-refractivity contribution >= 4 is 141 Å². The number of rotatable bonds is 7. The van der Waals surface area contributed by atoms with Crippen molar-refractivity contribution in [1.29, 1.82) is 0 Å². The van der Waals surface area contributed by atoms with Crippen LogP contribution in [0.15, 0.2) is 227 Å². The van der Waals surface area contributed by atoms with E-state index in [1.54, 1.807) is 0 Å². The molecular weight excluding hydrogens is 845 g/mol. The van der Waals surface area contributed by atoms with Crippen molar-refractivity contribution in [2.24, 2.45) is 0 Å². The quantitative estimate of drug-likeness (QED) is 0.160. The molecule has 4 aromatic heterocycles. The van der Waals surface area contributed by atoms with Gasteiger partial charge in [0, 0.05) is 85.6 Å². The summed E-state index contributed by atoms with van der Waals surface area (Å²) in [6.45, 7) is 0. The highest BCUT2D eigenvalue weighted by atomic mass is 32.1. The van der Waals surface area contributed by atoms with Crippen LogP contribution in [-0.4, -0.2) is 0 Å². The molecule has 0 radical (unpaired) electrons. The third kappa shape index (κ3) is 5.89. The highest BCUT2D eigenvalue weighted by Crippen LogP contribution is 2.51. The Morgan fingerprint density at radius 2 is 0.742 bits per heavy atom. The molecule has 0 aliphatic carbocycles. The lowest BCUT2D eigenvalue weighted by Gasteiger charge is -2.30. The van der Waals surface area contributed by atoms with Crippen molar-refractivity contribution in [3.8, 4) is 11.1 Å². The van der Waals surface area contributed by atoms with Crippen LogP contribution in [-0.2, 0) is 0 Å². The first-order valence-corrected chi connectivity index (χ1v) is 23.8. The zero-order valence-electron chi connectivity index (χ0n) is 35.3. The van der Waals surface area contributed by atoms with E-state index >= 15 is 0 Å². The molecule has 4 nitrogen and oxygen atoms in total. The van der Waals surface area contributed by atoms with Crippen LogP contribution in [0.4, 0.5) is 34.1 Å². The summed E-state index contributed by atoms with van der Waals surface area (Å²) < 4.78 is 17.8. The van der Waals surface area contributed by atoms with Gasteiger partial charge in [0.2, 0.25) is 0 Å². The predicted molar refractivity (Wildman–Crippen MR) is 282 cm³/mol. The molecule has 0 saturated carbocycles. The number of thiophene rings is 2. The lowest BCUT2D eigenvalue weighted by atomic mass is 10.00. The summed E-state index contributed by atoms with van der Waals surface area (Å²) in [5, 5.41) is 9.38. The van der Waals surface area contributed by atoms with Gasteiger partial charge >= 0.3 is 0 Å². The summed E-state index contributed by atoms with van der Waals surface area (Å²) >= 11 is 3.71. The van der Waals surface area contributed by atoms with Gasteiger partial charge in [-0.3, -0.25) is 0 Å². The molecule has 0 spiro atoms. The van der Waals surface area contributed by atoms with Gasteiger partial charge in [0.15, 0.2) is 0 Å². The van der Waals surface area contributed by atoms with Crippen molar-refractivity contribution in [2.45, 2.75) is 0 Å². The van der Waals surface area contributed by atoms with E-state index in [-0.39, 0.29) is 0 Å². The average molecular weight is 881 g/mol. The van der Waals surface area contributed by atoms with E-state index in [0.717, 1.165) is 78.0 Å². The fourth-order valence-corrected chi connectivity index (χ4v) is 12.2. The van der Waals surface area contributed by atoms with Gasteiger partial charge in [-0.15, -0.1) is 22.7 Å². The molecular formula is C60H36N2O2S2. The smallest absolute Gasteiger partial charge is 0.135 e. The topological polar surface area (TPSA) is 32.8 Å². The van der Waals surface area contributed by atoms with Crippen LogP contribution in [0.1, 0.15) is 0 Å². The lowest BCUT2D eigenvalue weighted by molar-refractivity contribution is 0.668. The van der Waals surface area contributed by atoms with Crippen LogP contribution in [0, 0.1) is 0 Å². The van der Waals surface area contributed by atoms with E-state index < -0.39 is 0 Å². The molecule has 0 bridgehead atoms. The van der Waals surface area contributed by atoms with E-state index in [9.17, 15) is 0 Å². The minimum absolute atomic E-state index is 0.867. The maximum Gasteiger partial charge on any atom is 0.135 e. The van der Waals surface area contributed by atoms with Crippen molar-refractivity contribution in [2.75, 3.05) is 9.80 Å². The Bertz CT molecular complexity index is 4200. The first-order valence-electron chi connectivity index (χ1n) is 22.1. The molecule has 6 heteroatoms. The molecule has 0 unspecified atom stereocenters. The van der Waals surface area contributed by atoms with Crippen LogP contribution < -0.4 is 9.80 Å². The van der Waals surface area contributed by atoms with E-state index in [1.807, 2.05) is 46.9 Å². The Labute approximate surface area is 387 Å². The molecule has 310 valence electrons. The monoisotopic (exact) mass is 880 g/mol. The minimum Gasteiger partial charge on any atom is -0.456 e. The average Bonchev–Trinajstić information content (AvgIpc) is 4.15. The fourth-order valence-electron chi connectivity index (χ4n) is 9.96. The van der Waals surface area contributed by atoms with Crippen molar-refractivity contribution in [1.82, 2.24) is 0 Å². The van der Waals surface area contributed by atoms with Gasteiger partial charge in [-0.05, 0) is 126 Å². The molecule has 4 heterocycles. The Morgan fingerprint density at radius 3 is 1.38 bits per heavy atom. The predicted octanol–water partition coefficient (Wildman–Crippen LogP) is 18.8. The zero-order chi connectivity index (χ0) is 43.3. The molecule has 0 N–H and O–H groups in total. The summed E-state index contributed by atoms with van der Waals surface area (Å²) in [5.74, 6) is 0. The fraction of sp³-hybridized carbons (Fsp3) is 0. The van der Waals surface area contributed by atoms with Gasteiger partial charge in [-0.1, -0.05) is 103 Å². The molecule has 0 saturated heterocycles. The van der Waals surface area contributed by atoms with E-state index in [1.165, 1.54) is 51.5 Å². The van der Waals surface area contributed by atoms with Crippen LogP contribution in [0.25, 0.3) is 95.3 Å². The summed E-state index contributed by atoms with van der Waals surface area (Å²) in [4.78, 5) is 4.82. The normalized spacial score (nSPS) is 11.9. The highest BCUT2D eigenvalue weighted by molar-refractivity contribution is 7.26. The van der Waals surface area contributed by atoms with E-state index in [0.29, 0.717) is 0 Å². The molecule has 0 aliphatic rings. The Morgan fingerprint density at radius 1 is 0.273 bits per heavy atom. The molecule has 10 aromatic carbocycles. The molecule has 0 amide bonds. The number of nitrogens with zero attached hydrogens (tertiary/aromatic N) is 2. The summed E-state index contributed by atoms with van der Waals surface area (Å²) in [6, 6.07) is 78.7. The molecule has 14 rings (SSSR count). The third-order valence-electron chi connectivity index (χ3n) is 13.0. The van der Waals surface area contributed by atoms with Crippen LogP contribution in [0.5, 0.6) is 0 Å². The number of benzene rings is 10. The van der Waals surface area contributed by atoms with Gasteiger partial charge in [0.05, 0.1) is 10.4 Å². The third-order valence-corrected chi connectivity index (χ3v) is 15.4. The van der Waals surface area contributed by atoms with Gasteiger partial charge in [-0.25, -0.2) is 0 Å². The summed E-state index contributed by atoms with van der Waals surface area (Å²) in [5.41, 5.74) is 12.2. The van der Waals surface area contributed by atoms with Crippen LogP contribution in [0.2, 0.25) is 0 Å².